The van der Waals surface area contributed by atoms with Crippen LogP contribution in [0.1, 0.15) is 17.5 Å². The van der Waals surface area contributed by atoms with Crippen LogP contribution in [0, 0.1) is 0 Å². The van der Waals surface area contributed by atoms with Crippen LogP contribution in [0.5, 0.6) is 23.0 Å². The molecule has 0 fully saturated rings. The van der Waals surface area contributed by atoms with Gasteiger partial charge in [0, 0.05) is 6.08 Å². The Morgan fingerprint density at radius 1 is 1.12 bits per heavy atom. The summed E-state index contributed by atoms with van der Waals surface area (Å²) < 4.78 is 16.2. The number of methoxy groups -OCH3 is 1. The van der Waals surface area contributed by atoms with Crippen molar-refractivity contribution in [1.82, 2.24) is 0 Å². The van der Waals surface area contributed by atoms with E-state index in [1.165, 1.54) is 19.3 Å². The Morgan fingerprint density at radius 3 is 2.67 bits per heavy atom. The van der Waals surface area contributed by atoms with Crippen LogP contribution in [0.4, 0.5) is 0 Å². The van der Waals surface area contributed by atoms with Crippen LogP contribution in [-0.2, 0) is 16.0 Å². The number of fused-ring (bicyclic) bond motifs is 7. The summed E-state index contributed by atoms with van der Waals surface area (Å²) in [6, 6.07) is 10.8. The van der Waals surface area contributed by atoms with Gasteiger partial charge in [-0.2, -0.15) is 0 Å². The average Bonchev–Trinajstić information content (AvgIpc) is 2.58. The van der Waals surface area contributed by atoms with Crippen molar-refractivity contribution in [3.05, 3.63) is 53.6 Å². The van der Waals surface area contributed by atoms with Gasteiger partial charge in [-0.25, -0.2) is 4.79 Å². The van der Waals surface area contributed by atoms with Gasteiger partial charge in [0.2, 0.25) is 5.75 Å². The Kier molecular flexibility index (Phi) is 4.70. The molecular formula is C19H18O5. The van der Waals surface area contributed by atoms with E-state index in [9.17, 15) is 9.90 Å². The molecule has 0 saturated carbocycles. The molecule has 0 unspecified atom stereocenters. The number of esters is 1. The van der Waals surface area contributed by atoms with Gasteiger partial charge in [-0.1, -0.05) is 12.1 Å². The smallest absolute Gasteiger partial charge is 0.330 e. The van der Waals surface area contributed by atoms with Gasteiger partial charge in [0.1, 0.15) is 5.75 Å². The van der Waals surface area contributed by atoms with Crippen molar-refractivity contribution in [2.45, 2.75) is 12.8 Å². The largest absolute Gasteiger partial charge is 0.504 e. The van der Waals surface area contributed by atoms with E-state index in [0.29, 0.717) is 23.7 Å². The number of carbonyl (C=O) groups is 1. The molecule has 2 heterocycles. The average molecular weight is 326 g/mol. The summed E-state index contributed by atoms with van der Waals surface area (Å²) in [5, 5.41) is 10.1. The molecule has 0 aromatic heterocycles. The van der Waals surface area contributed by atoms with Crippen molar-refractivity contribution in [2.24, 2.45) is 0 Å². The third-order valence-electron chi connectivity index (χ3n) is 3.68. The minimum atomic E-state index is -0.419. The maximum absolute atomic E-state index is 11.7. The van der Waals surface area contributed by atoms with E-state index in [-0.39, 0.29) is 11.5 Å². The first kappa shape index (κ1) is 15.9. The third kappa shape index (κ3) is 3.68. The first-order valence-electron chi connectivity index (χ1n) is 7.68. The number of phenolic OH excluding ortho intramolecular Hbond substituents is 1. The zero-order valence-corrected chi connectivity index (χ0v) is 13.3. The molecule has 124 valence electrons. The first-order chi connectivity index (χ1) is 11.7. The fourth-order valence-electron chi connectivity index (χ4n) is 2.50. The summed E-state index contributed by atoms with van der Waals surface area (Å²) in [5.74, 6) is 0.761. The minimum Gasteiger partial charge on any atom is -0.504 e. The van der Waals surface area contributed by atoms with Gasteiger partial charge in [-0.3, -0.25) is 0 Å². The van der Waals surface area contributed by atoms with E-state index < -0.39 is 5.97 Å². The van der Waals surface area contributed by atoms with Crippen molar-refractivity contribution in [3.63, 3.8) is 0 Å². The molecule has 0 saturated heterocycles. The van der Waals surface area contributed by atoms with Gasteiger partial charge in [-0.15, -0.1) is 0 Å². The second-order valence-corrected chi connectivity index (χ2v) is 5.42. The molecule has 1 N–H and O–H groups in total. The second kappa shape index (κ2) is 7.08. The zero-order chi connectivity index (χ0) is 16.9. The number of aryl methyl sites for hydroxylation is 1. The van der Waals surface area contributed by atoms with E-state index >= 15 is 0 Å². The molecular weight excluding hydrogens is 308 g/mol. The SMILES string of the molecule is COc1c(O)cc2cc1Oc1ccc(cc1)CCCOC(=O)/C=C\2. The number of hydrogen-bond acceptors (Lipinski definition) is 5. The van der Waals surface area contributed by atoms with Crippen molar-refractivity contribution < 1.29 is 24.1 Å². The highest BCUT2D eigenvalue weighted by molar-refractivity contribution is 5.87. The van der Waals surface area contributed by atoms with E-state index in [2.05, 4.69) is 0 Å². The standard InChI is InChI=1S/C19H18O5/c1-22-19-16(20)11-14-6-9-18(21)23-10-2-3-13-4-7-15(8-5-13)24-17(19)12-14/h4-9,11-12,20H,2-3,10H2,1H3/b9-6-. The highest BCUT2D eigenvalue weighted by atomic mass is 16.5. The molecule has 0 spiro atoms. The van der Waals surface area contributed by atoms with E-state index in [1.807, 2.05) is 24.3 Å². The van der Waals surface area contributed by atoms with Crippen LogP contribution in [0.2, 0.25) is 0 Å². The Morgan fingerprint density at radius 2 is 1.92 bits per heavy atom. The number of phenols is 1. The molecule has 24 heavy (non-hydrogen) atoms. The number of benzene rings is 2. The van der Waals surface area contributed by atoms with Gasteiger partial charge in [0.15, 0.2) is 11.5 Å². The zero-order valence-electron chi connectivity index (χ0n) is 13.3. The lowest BCUT2D eigenvalue weighted by Crippen LogP contribution is -2.03. The highest BCUT2D eigenvalue weighted by Crippen LogP contribution is 2.40. The molecule has 2 aliphatic heterocycles. The minimum absolute atomic E-state index is 0.0658. The van der Waals surface area contributed by atoms with Crippen molar-refractivity contribution in [3.8, 4) is 23.0 Å². The van der Waals surface area contributed by atoms with Crippen LogP contribution in [0.25, 0.3) is 6.08 Å². The molecule has 4 bridgehead atoms. The molecule has 5 nitrogen and oxygen atoms in total. The summed E-state index contributed by atoms with van der Waals surface area (Å²) in [5.41, 5.74) is 1.74. The lowest BCUT2D eigenvalue weighted by atomic mass is 10.1. The molecule has 2 aromatic rings. The Balaban J connectivity index is 2.03. The van der Waals surface area contributed by atoms with Gasteiger partial charge in [0.05, 0.1) is 13.7 Å². The maximum Gasteiger partial charge on any atom is 0.330 e. The van der Waals surface area contributed by atoms with Crippen LogP contribution < -0.4 is 9.47 Å². The molecule has 0 atom stereocenters. The molecule has 5 heteroatoms. The Bertz CT molecular complexity index is 762. The summed E-state index contributed by atoms with van der Waals surface area (Å²) in [6.45, 7) is 0.362. The predicted molar refractivity (Wildman–Crippen MR) is 89.5 cm³/mol. The third-order valence-corrected chi connectivity index (χ3v) is 3.68. The summed E-state index contributed by atoms with van der Waals surface area (Å²) >= 11 is 0. The van der Waals surface area contributed by atoms with Crippen molar-refractivity contribution in [1.29, 1.82) is 0 Å². The van der Waals surface area contributed by atoms with Crippen molar-refractivity contribution >= 4 is 12.0 Å². The van der Waals surface area contributed by atoms with Crippen LogP contribution in [0.3, 0.4) is 0 Å². The van der Waals surface area contributed by atoms with Crippen LogP contribution >= 0.6 is 0 Å². The van der Waals surface area contributed by atoms with Crippen LogP contribution in [-0.4, -0.2) is 24.8 Å². The normalized spacial score (nSPS) is 15.6. The second-order valence-electron chi connectivity index (χ2n) is 5.42. The lowest BCUT2D eigenvalue weighted by molar-refractivity contribution is -0.137. The van der Waals surface area contributed by atoms with E-state index in [1.54, 1.807) is 12.1 Å². The Hall–Kier alpha value is -2.95. The predicted octanol–water partition coefficient (Wildman–Crippen LogP) is 3.70. The first-order valence-corrected chi connectivity index (χ1v) is 7.68. The highest BCUT2D eigenvalue weighted by Gasteiger charge is 2.13. The van der Waals surface area contributed by atoms with Gasteiger partial charge in [0.25, 0.3) is 0 Å². The van der Waals surface area contributed by atoms with Gasteiger partial charge in [-0.05, 0) is 54.3 Å². The number of rotatable bonds is 1. The number of carbonyl (C=O) groups excluding carboxylic acids is 1. The molecule has 0 radical (unpaired) electrons. The molecule has 0 aliphatic carbocycles. The van der Waals surface area contributed by atoms with Gasteiger partial charge >= 0.3 is 5.97 Å². The Labute approximate surface area is 140 Å². The van der Waals surface area contributed by atoms with E-state index in [0.717, 1.165) is 18.4 Å². The number of hydrogen-bond donors (Lipinski definition) is 1. The fraction of sp³-hybridized carbons (Fsp3) is 0.211. The monoisotopic (exact) mass is 326 g/mol. The fourth-order valence-corrected chi connectivity index (χ4v) is 2.50. The number of aromatic hydroxyl groups is 1. The van der Waals surface area contributed by atoms with Crippen molar-refractivity contribution in [2.75, 3.05) is 13.7 Å². The summed E-state index contributed by atoms with van der Waals surface area (Å²) in [4.78, 5) is 11.7. The van der Waals surface area contributed by atoms with Gasteiger partial charge < -0.3 is 19.3 Å². The molecule has 2 aromatic carbocycles. The maximum atomic E-state index is 11.7. The molecule has 2 aliphatic rings. The van der Waals surface area contributed by atoms with E-state index in [4.69, 9.17) is 14.2 Å². The molecule has 0 amide bonds. The topological polar surface area (TPSA) is 65.0 Å². The summed E-state index contributed by atoms with van der Waals surface area (Å²) in [6.07, 6.45) is 4.46. The lowest BCUT2D eigenvalue weighted by Gasteiger charge is -2.13. The quantitative estimate of drug-likeness (QED) is 0.810. The van der Waals surface area contributed by atoms with Crippen LogP contribution in [0.15, 0.2) is 42.5 Å². The molecule has 4 rings (SSSR count). The summed E-state index contributed by atoms with van der Waals surface area (Å²) in [7, 11) is 1.46. The number of ether oxygens (including phenoxy) is 3.